The van der Waals surface area contributed by atoms with Gasteiger partial charge in [-0.2, -0.15) is 0 Å². The summed E-state index contributed by atoms with van der Waals surface area (Å²) in [5.74, 6) is 2.39. The van der Waals surface area contributed by atoms with Gasteiger partial charge < -0.3 is 15.3 Å². The highest BCUT2D eigenvalue weighted by molar-refractivity contribution is 5.27. The Balaban J connectivity index is 1.58. The van der Waals surface area contributed by atoms with Gasteiger partial charge in [0, 0.05) is 5.41 Å². The lowest BCUT2D eigenvalue weighted by Gasteiger charge is -2.60. The molecule has 0 aromatic heterocycles. The van der Waals surface area contributed by atoms with Gasteiger partial charge in [-0.05, 0) is 93.8 Å². The lowest BCUT2D eigenvalue weighted by Crippen LogP contribution is -2.63. The van der Waals surface area contributed by atoms with Gasteiger partial charge in [0.15, 0.2) is 0 Å². The molecule has 0 aromatic carbocycles. The van der Waals surface area contributed by atoms with Crippen LogP contribution in [0.5, 0.6) is 0 Å². The van der Waals surface area contributed by atoms with Crippen LogP contribution in [-0.4, -0.2) is 32.6 Å². The Morgan fingerprint density at radius 2 is 1.80 bits per heavy atom. The van der Waals surface area contributed by atoms with Crippen molar-refractivity contribution in [3.63, 3.8) is 0 Å². The van der Waals surface area contributed by atoms with Crippen molar-refractivity contribution < 1.29 is 15.3 Å². The molecule has 0 aliphatic heterocycles. The number of fused-ring (bicyclic) bond motifs is 5. The van der Waals surface area contributed by atoms with E-state index in [1.165, 1.54) is 5.57 Å². The SMILES string of the molecule is CC(C)CCC[C@](C)(O)[C@@]1(O)CC[C@H]2[C@@H]3CC=C4C[C@@H](O)CC[C@]4(C)[C@H]3CC[C@@]21C. The van der Waals surface area contributed by atoms with E-state index in [0.717, 1.165) is 64.2 Å². The maximum Gasteiger partial charge on any atom is 0.0986 e. The van der Waals surface area contributed by atoms with Gasteiger partial charge in [0.1, 0.15) is 0 Å². The minimum Gasteiger partial charge on any atom is -0.393 e. The van der Waals surface area contributed by atoms with Gasteiger partial charge in [-0.1, -0.05) is 52.2 Å². The molecule has 4 aliphatic rings. The molecule has 3 saturated carbocycles. The largest absolute Gasteiger partial charge is 0.393 e. The molecule has 4 rings (SSSR count). The van der Waals surface area contributed by atoms with E-state index in [1.54, 1.807) is 0 Å². The minimum absolute atomic E-state index is 0.160. The Bertz CT molecular complexity index is 682. The second-order valence-electron chi connectivity index (χ2n) is 12.6. The van der Waals surface area contributed by atoms with Crippen LogP contribution in [0.3, 0.4) is 0 Å². The Labute approximate surface area is 184 Å². The second kappa shape index (κ2) is 7.59. The Hall–Kier alpha value is -0.380. The lowest BCUT2D eigenvalue weighted by molar-refractivity contribution is -0.219. The molecule has 0 heterocycles. The lowest BCUT2D eigenvalue weighted by atomic mass is 9.46. The molecule has 3 nitrogen and oxygen atoms in total. The van der Waals surface area contributed by atoms with E-state index in [0.29, 0.717) is 30.1 Å². The fraction of sp³-hybridized carbons (Fsp3) is 0.926. The van der Waals surface area contributed by atoms with Crippen molar-refractivity contribution in [1.82, 2.24) is 0 Å². The van der Waals surface area contributed by atoms with Gasteiger partial charge >= 0.3 is 0 Å². The van der Waals surface area contributed by atoms with Gasteiger partial charge in [-0.3, -0.25) is 0 Å². The molecular weight excluding hydrogens is 372 g/mol. The summed E-state index contributed by atoms with van der Waals surface area (Å²) in [6, 6.07) is 0. The number of aliphatic hydroxyl groups is 3. The molecule has 8 atom stereocenters. The van der Waals surface area contributed by atoms with Crippen LogP contribution in [0.4, 0.5) is 0 Å². The molecule has 0 amide bonds. The fourth-order valence-electron chi connectivity index (χ4n) is 8.60. The molecule has 30 heavy (non-hydrogen) atoms. The monoisotopic (exact) mass is 418 g/mol. The van der Waals surface area contributed by atoms with Gasteiger partial charge in [0.25, 0.3) is 0 Å². The van der Waals surface area contributed by atoms with E-state index in [1.807, 2.05) is 6.92 Å². The Morgan fingerprint density at radius 3 is 2.50 bits per heavy atom. The minimum atomic E-state index is -1.02. The van der Waals surface area contributed by atoms with Gasteiger partial charge in [0.05, 0.1) is 17.3 Å². The number of aliphatic hydroxyl groups excluding tert-OH is 1. The van der Waals surface area contributed by atoms with Crippen molar-refractivity contribution in [2.45, 2.75) is 123 Å². The molecular formula is C27H46O3. The second-order valence-corrected chi connectivity index (χ2v) is 12.6. The zero-order chi connectivity index (χ0) is 21.9. The predicted octanol–water partition coefficient (Wildman–Crippen LogP) is 5.62. The van der Waals surface area contributed by atoms with Crippen molar-refractivity contribution in [3.8, 4) is 0 Å². The maximum atomic E-state index is 12.1. The van der Waals surface area contributed by atoms with Crippen LogP contribution in [0, 0.1) is 34.5 Å². The van der Waals surface area contributed by atoms with Crippen LogP contribution >= 0.6 is 0 Å². The number of hydrogen-bond donors (Lipinski definition) is 3. The van der Waals surface area contributed by atoms with Gasteiger partial charge in [-0.25, -0.2) is 0 Å². The highest BCUT2D eigenvalue weighted by Gasteiger charge is 2.68. The average molecular weight is 419 g/mol. The van der Waals surface area contributed by atoms with Crippen LogP contribution < -0.4 is 0 Å². The number of rotatable bonds is 5. The third kappa shape index (κ3) is 3.25. The molecule has 3 fully saturated rings. The van der Waals surface area contributed by atoms with Crippen LogP contribution in [-0.2, 0) is 0 Å². The van der Waals surface area contributed by atoms with Crippen molar-refractivity contribution in [2.24, 2.45) is 34.5 Å². The average Bonchev–Trinajstić information content (AvgIpc) is 2.95. The summed E-state index contributed by atoms with van der Waals surface area (Å²) in [7, 11) is 0. The van der Waals surface area contributed by atoms with E-state index >= 15 is 0 Å². The number of hydrogen-bond acceptors (Lipinski definition) is 3. The fourth-order valence-corrected chi connectivity index (χ4v) is 8.60. The summed E-state index contributed by atoms with van der Waals surface area (Å²) in [5.41, 5.74) is -0.484. The molecule has 0 radical (unpaired) electrons. The van der Waals surface area contributed by atoms with Crippen LogP contribution in [0.2, 0.25) is 0 Å². The van der Waals surface area contributed by atoms with E-state index in [9.17, 15) is 15.3 Å². The standard InChI is InChI=1S/C27H46O3/c1-18(2)7-6-13-26(5,29)27(30)16-12-23-21-9-8-19-17-20(28)10-14-24(19,3)22(21)11-15-25(23,27)4/h8,18,20-23,28-30H,6-7,9-17H2,1-5H3/t20-,21+,22-,23-,24-,25-,26-,27+/m0/s1. The zero-order valence-corrected chi connectivity index (χ0v) is 20.1. The van der Waals surface area contributed by atoms with Crippen LogP contribution in [0.1, 0.15) is 105 Å². The molecule has 0 aromatic rings. The van der Waals surface area contributed by atoms with Gasteiger partial charge in [-0.15, -0.1) is 0 Å². The quantitative estimate of drug-likeness (QED) is 0.508. The molecule has 0 unspecified atom stereocenters. The van der Waals surface area contributed by atoms with Crippen LogP contribution in [0.25, 0.3) is 0 Å². The first-order chi connectivity index (χ1) is 13.9. The van der Waals surface area contributed by atoms with E-state index in [2.05, 4.69) is 33.8 Å². The molecule has 0 spiro atoms. The van der Waals surface area contributed by atoms with E-state index < -0.39 is 11.2 Å². The molecule has 3 N–H and O–H groups in total. The summed E-state index contributed by atoms with van der Waals surface area (Å²) in [6.45, 7) is 11.1. The Kier molecular flexibility index (Phi) is 5.77. The van der Waals surface area contributed by atoms with Crippen LogP contribution in [0.15, 0.2) is 11.6 Å². The molecule has 4 aliphatic carbocycles. The summed E-state index contributed by atoms with van der Waals surface area (Å²) in [5, 5.41) is 33.8. The van der Waals surface area contributed by atoms with E-state index in [4.69, 9.17) is 0 Å². The normalized spacial score (nSPS) is 47.8. The number of allylic oxidation sites excluding steroid dienone is 1. The van der Waals surface area contributed by atoms with Crippen molar-refractivity contribution >= 4 is 0 Å². The van der Waals surface area contributed by atoms with Gasteiger partial charge in [0.2, 0.25) is 0 Å². The molecule has 0 saturated heterocycles. The first-order valence-electron chi connectivity index (χ1n) is 12.8. The smallest absolute Gasteiger partial charge is 0.0986 e. The van der Waals surface area contributed by atoms with Crippen molar-refractivity contribution in [1.29, 1.82) is 0 Å². The molecule has 3 heteroatoms. The molecule has 172 valence electrons. The summed E-state index contributed by atoms with van der Waals surface area (Å²) in [6.07, 6.45) is 13.0. The van der Waals surface area contributed by atoms with Crippen molar-refractivity contribution in [2.75, 3.05) is 0 Å². The maximum absolute atomic E-state index is 12.1. The first kappa shape index (κ1) is 22.8. The topological polar surface area (TPSA) is 60.7 Å². The summed E-state index contributed by atoms with van der Waals surface area (Å²) >= 11 is 0. The predicted molar refractivity (Wildman–Crippen MR) is 122 cm³/mol. The Morgan fingerprint density at radius 1 is 1.10 bits per heavy atom. The summed E-state index contributed by atoms with van der Waals surface area (Å²) in [4.78, 5) is 0. The van der Waals surface area contributed by atoms with Crippen molar-refractivity contribution in [3.05, 3.63) is 11.6 Å². The molecule has 0 bridgehead atoms. The van der Waals surface area contributed by atoms with E-state index in [-0.39, 0.29) is 16.9 Å². The first-order valence-corrected chi connectivity index (χ1v) is 12.8. The third-order valence-corrected chi connectivity index (χ3v) is 10.6. The zero-order valence-electron chi connectivity index (χ0n) is 20.1. The summed E-state index contributed by atoms with van der Waals surface area (Å²) < 4.78 is 0. The highest BCUT2D eigenvalue weighted by atomic mass is 16.4. The highest BCUT2D eigenvalue weighted by Crippen LogP contribution is 2.68. The third-order valence-electron chi connectivity index (χ3n) is 10.6.